The van der Waals surface area contributed by atoms with Crippen LogP contribution >= 0.6 is 23.2 Å². The van der Waals surface area contributed by atoms with E-state index in [4.69, 9.17) is 28.9 Å². The number of benzene rings is 1. The van der Waals surface area contributed by atoms with Crippen molar-refractivity contribution in [3.63, 3.8) is 0 Å². The van der Waals surface area contributed by atoms with Gasteiger partial charge in [-0.25, -0.2) is 4.98 Å². The third-order valence-corrected chi connectivity index (χ3v) is 2.71. The first-order valence-electron chi connectivity index (χ1n) is 4.16. The first-order valence-corrected chi connectivity index (χ1v) is 4.91. The summed E-state index contributed by atoms with van der Waals surface area (Å²) in [6.07, 6.45) is 0. The summed E-state index contributed by atoms with van der Waals surface area (Å²) in [7, 11) is 0. The normalized spacial score (nSPS) is 10.8. The smallest absolute Gasteiger partial charge is 0.134 e. The van der Waals surface area contributed by atoms with Gasteiger partial charge in [0, 0.05) is 22.5 Å². The standard InChI is InChI=1S/C10H8Cl2N2/c11-8-2-1-3-9-7(8)4-6(5-13)10(12)14-9/h1-4H,5,13H2. The number of nitrogens with zero attached hydrogens (tertiary/aromatic N) is 1. The Labute approximate surface area is 91.6 Å². The monoisotopic (exact) mass is 226 g/mol. The summed E-state index contributed by atoms with van der Waals surface area (Å²) in [6, 6.07) is 7.41. The quantitative estimate of drug-likeness (QED) is 0.760. The zero-order chi connectivity index (χ0) is 10.1. The topological polar surface area (TPSA) is 38.9 Å². The van der Waals surface area contributed by atoms with Crippen LogP contribution in [0.3, 0.4) is 0 Å². The summed E-state index contributed by atoms with van der Waals surface area (Å²) in [4.78, 5) is 4.21. The van der Waals surface area contributed by atoms with E-state index in [1.165, 1.54) is 0 Å². The molecule has 2 N–H and O–H groups in total. The van der Waals surface area contributed by atoms with Crippen molar-refractivity contribution in [1.82, 2.24) is 4.98 Å². The van der Waals surface area contributed by atoms with Crippen LogP contribution in [0.1, 0.15) is 5.56 Å². The second-order valence-corrected chi connectivity index (χ2v) is 3.71. The molecule has 2 rings (SSSR count). The van der Waals surface area contributed by atoms with E-state index < -0.39 is 0 Å². The maximum Gasteiger partial charge on any atom is 0.134 e. The van der Waals surface area contributed by atoms with E-state index in [2.05, 4.69) is 4.98 Å². The second-order valence-electron chi connectivity index (χ2n) is 2.95. The van der Waals surface area contributed by atoms with Crippen molar-refractivity contribution in [3.05, 3.63) is 40.0 Å². The molecule has 0 aliphatic rings. The van der Waals surface area contributed by atoms with Gasteiger partial charge in [0.1, 0.15) is 5.15 Å². The number of aromatic nitrogens is 1. The molecule has 14 heavy (non-hydrogen) atoms. The van der Waals surface area contributed by atoms with Crippen molar-refractivity contribution >= 4 is 34.1 Å². The summed E-state index contributed by atoms with van der Waals surface area (Å²) in [5.41, 5.74) is 7.13. The Morgan fingerprint density at radius 3 is 2.79 bits per heavy atom. The first kappa shape index (κ1) is 9.71. The minimum atomic E-state index is 0.368. The third kappa shape index (κ3) is 1.57. The molecule has 0 saturated heterocycles. The Morgan fingerprint density at radius 1 is 1.29 bits per heavy atom. The molecule has 0 fully saturated rings. The molecule has 0 bridgehead atoms. The molecular weight excluding hydrogens is 219 g/mol. The highest BCUT2D eigenvalue weighted by Gasteiger charge is 2.05. The number of fused-ring (bicyclic) bond motifs is 1. The summed E-state index contributed by atoms with van der Waals surface area (Å²) in [6.45, 7) is 0.368. The number of rotatable bonds is 1. The number of halogens is 2. The van der Waals surface area contributed by atoms with E-state index in [-0.39, 0.29) is 0 Å². The highest BCUT2D eigenvalue weighted by atomic mass is 35.5. The molecule has 72 valence electrons. The fourth-order valence-corrected chi connectivity index (χ4v) is 1.77. The molecule has 1 aromatic heterocycles. The van der Waals surface area contributed by atoms with Gasteiger partial charge < -0.3 is 5.73 Å². The van der Waals surface area contributed by atoms with Crippen LogP contribution in [0.25, 0.3) is 10.9 Å². The van der Waals surface area contributed by atoms with E-state index in [0.717, 1.165) is 16.5 Å². The van der Waals surface area contributed by atoms with Gasteiger partial charge in [0.25, 0.3) is 0 Å². The molecule has 0 atom stereocenters. The van der Waals surface area contributed by atoms with E-state index >= 15 is 0 Å². The molecular formula is C10H8Cl2N2. The SMILES string of the molecule is NCc1cc2c(Cl)cccc2nc1Cl. The lowest BCUT2D eigenvalue weighted by atomic mass is 10.1. The third-order valence-electron chi connectivity index (χ3n) is 2.05. The van der Waals surface area contributed by atoms with Crippen LogP contribution in [0.4, 0.5) is 0 Å². The molecule has 2 aromatic rings. The zero-order valence-corrected chi connectivity index (χ0v) is 8.81. The average Bonchev–Trinajstić information content (AvgIpc) is 2.17. The molecule has 0 saturated carbocycles. The van der Waals surface area contributed by atoms with Crippen LogP contribution in [0.2, 0.25) is 10.2 Å². The van der Waals surface area contributed by atoms with Gasteiger partial charge in [-0.3, -0.25) is 0 Å². The first-order chi connectivity index (χ1) is 6.72. The predicted molar refractivity (Wildman–Crippen MR) is 59.7 cm³/mol. The lowest BCUT2D eigenvalue weighted by molar-refractivity contribution is 1.06. The van der Waals surface area contributed by atoms with Gasteiger partial charge >= 0.3 is 0 Å². The largest absolute Gasteiger partial charge is 0.326 e. The Hall–Kier alpha value is -0.830. The lowest BCUT2D eigenvalue weighted by Gasteiger charge is -2.04. The molecule has 1 aromatic carbocycles. The fraction of sp³-hybridized carbons (Fsp3) is 0.100. The number of pyridine rings is 1. The summed E-state index contributed by atoms with van der Waals surface area (Å²) in [5, 5.41) is 2.00. The minimum absolute atomic E-state index is 0.368. The summed E-state index contributed by atoms with van der Waals surface area (Å²) >= 11 is 11.9. The van der Waals surface area contributed by atoms with Crippen LogP contribution in [-0.4, -0.2) is 4.98 Å². The van der Waals surface area contributed by atoms with Crippen LogP contribution in [-0.2, 0) is 6.54 Å². The molecule has 4 heteroatoms. The minimum Gasteiger partial charge on any atom is -0.326 e. The molecule has 2 nitrogen and oxygen atoms in total. The van der Waals surface area contributed by atoms with Crippen molar-refractivity contribution in [1.29, 1.82) is 0 Å². The number of hydrogen-bond acceptors (Lipinski definition) is 2. The maximum absolute atomic E-state index is 6.01. The Balaban J connectivity index is 2.80. The van der Waals surface area contributed by atoms with Crippen LogP contribution < -0.4 is 5.73 Å². The van der Waals surface area contributed by atoms with Crippen molar-refractivity contribution < 1.29 is 0 Å². The van der Waals surface area contributed by atoms with E-state index in [1.807, 2.05) is 24.3 Å². The second kappa shape index (κ2) is 3.73. The number of hydrogen-bond donors (Lipinski definition) is 1. The van der Waals surface area contributed by atoms with Crippen LogP contribution in [0.15, 0.2) is 24.3 Å². The molecule has 0 spiro atoms. The van der Waals surface area contributed by atoms with E-state index in [9.17, 15) is 0 Å². The van der Waals surface area contributed by atoms with Crippen molar-refractivity contribution in [2.75, 3.05) is 0 Å². The lowest BCUT2D eigenvalue weighted by Crippen LogP contribution is -1.98. The average molecular weight is 227 g/mol. The molecule has 1 heterocycles. The summed E-state index contributed by atoms with van der Waals surface area (Å²) < 4.78 is 0. The van der Waals surface area contributed by atoms with Gasteiger partial charge in [0.05, 0.1) is 5.52 Å². The highest BCUT2D eigenvalue weighted by molar-refractivity contribution is 6.36. The zero-order valence-electron chi connectivity index (χ0n) is 7.30. The van der Waals surface area contributed by atoms with Gasteiger partial charge in [0.15, 0.2) is 0 Å². The van der Waals surface area contributed by atoms with Gasteiger partial charge in [-0.1, -0.05) is 29.3 Å². The summed E-state index contributed by atoms with van der Waals surface area (Å²) in [5.74, 6) is 0. The van der Waals surface area contributed by atoms with Gasteiger partial charge in [-0.2, -0.15) is 0 Å². The highest BCUT2D eigenvalue weighted by Crippen LogP contribution is 2.25. The predicted octanol–water partition coefficient (Wildman–Crippen LogP) is 3.00. The Kier molecular flexibility index (Phi) is 2.59. The van der Waals surface area contributed by atoms with Crippen LogP contribution in [0.5, 0.6) is 0 Å². The van der Waals surface area contributed by atoms with Gasteiger partial charge in [-0.15, -0.1) is 0 Å². The molecule has 0 aliphatic carbocycles. The van der Waals surface area contributed by atoms with Crippen molar-refractivity contribution in [2.45, 2.75) is 6.54 Å². The number of nitrogens with two attached hydrogens (primary N) is 1. The fourth-order valence-electron chi connectivity index (χ4n) is 1.32. The molecule has 0 aliphatic heterocycles. The van der Waals surface area contributed by atoms with E-state index in [0.29, 0.717) is 16.7 Å². The maximum atomic E-state index is 6.01. The Bertz CT molecular complexity index is 483. The molecule has 0 amide bonds. The van der Waals surface area contributed by atoms with Gasteiger partial charge in [0.2, 0.25) is 0 Å². The van der Waals surface area contributed by atoms with Crippen molar-refractivity contribution in [3.8, 4) is 0 Å². The van der Waals surface area contributed by atoms with E-state index in [1.54, 1.807) is 0 Å². The Morgan fingerprint density at radius 2 is 2.07 bits per heavy atom. The van der Waals surface area contributed by atoms with Gasteiger partial charge in [-0.05, 0) is 18.2 Å². The van der Waals surface area contributed by atoms with Crippen LogP contribution in [0, 0.1) is 0 Å². The molecule has 0 radical (unpaired) electrons. The molecule has 0 unspecified atom stereocenters. The van der Waals surface area contributed by atoms with Crippen molar-refractivity contribution in [2.24, 2.45) is 5.73 Å².